The number of aryl methyl sites for hydroxylation is 1. The van der Waals surface area contributed by atoms with Crippen molar-refractivity contribution >= 4 is 5.69 Å². The van der Waals surface area contributed by atoms with Crippen LogP contribution in [0.1, 0.15) is 25.1 Å². The van der Waals surface area contributed by atoms with Gasteiger partial charge in [0, 0.05) is 25.3 Å². The summed E-state index contributed by atoms with van der Waals surface area (Å²) in [4.78, 5) is 4.26. The predicted molar refractivity (Wildman–Crippen MR) is 72.9 cm³/mol. The molecule has 2 aromatic rings. The van der Waals surface area contributed by atoms with E-state index in [4.69, 9.17) is 9.26 Å². The van der Waals surface area contributed by atoms with E-state index in [0.717, 1.165) is 25.1 Å². The standard InChI is InChI=1S/C14H19N3O2/c1-2-18-11-13-16-14(19-17-13)9-6-10-15-12-7-4-3-5-8-12/h3-5,7-8,15H,2,6,9-11H2,1H3. The molecular weight excluding hydrogens is 242 g/mol. The first-order valence-corrected chi connectivity index (χ1v) is 6.56. The van der Waals surface area contributed by atoms with Crippen LogP contribution in [0.15, 0.2) is 34.9 Å². The van der Waals surface area contributed by atoms with Crippen LogP contribution in [0.2, 0.25) is 0 Å². The van der Waals surface area contributed by atoms with Gasteiger partial charge < -0.3 is 14.6 Å². The average molecular weight is 261 g/mol. The van der Waals surface area contributed by atoms with Crippen molar-refractivity contribution in [3.8, 4) is 0 Å². The maximum Gasteiger partial charge on any atom is 0.226 e. The third kappa shape index (κ3) is 4.71. The molecule has 0 atom stereocenters. The van der Waals surface area contributed by atoms with Crippen LogP contribution in [0, 0.1) is 0 Å². The Morgan fingerprint density at radius 1 is 1.26 bits per heavy atom. The molecule has 1 heterocycles. The van der Waals surface area contributed by atoms with Gasteiger partial charge in [0.15, 0.2) is 5.82 Å². The van der Waals surface area contributed by atoms with Crippen LogP contribution in [-0.4, -0.2) is 23.3 Å². The van der Waals surface area contributed by atoms with Gasteiger partial charge in [-0.05, 0) is 25.5 Å². The van der Waals surface area contributed by atoms with Crippen LogP contribution in [-0.2, 0) is 17.8 Å². The molecule has 2 rings (SSSR count). The number of ether oxygens (including phenoxy) is 1. The minimum atomic E-state index is 0.419. The Kier molecular flexibility index (Phi) is 5.37. The van der Waals surface area contributed by atoms with E-state index in [9.17, 15) is 0 Å². The second-order valence-electron chi connectivity index (χ2n) is 4.14. The number of aromatic nitrogens is 2. The molecule has 1 aromatic heterocycles. The van der Waals surface area contributed by atoms with Crippen molar-refractivity contribution in [2.45, 2.75) is 26.4 Å². The molecule has 5 nitrogen and oxygen atoms in total. The van der Waals surface area contributed by atoms with E-state index in [2.05, 4.69) is 15.5 Å². The van der Waals surface area contributed by atoms with Gasteiger partial charge >= 0.3 is 0 Å². The minimum Gasteiger partial charge on any atom is -0.385 e. The van der Waals surface area contributed by atoms with Gasteiger partial charge in [-0.1, -0.05) is 23.4 Å². The van der Waals surface area contributed by atoms with Crippen molar-refractivity contribution in [3.63, 3.8) is 0 Å². The maximum absolute atomic E-state index is 5.22. The van der Waals surface area contributed by atoms with Crippen molar-refractivity contribution in [2.75, 3.05) is 18.5 Å². The van der Waals surface area contributed by atoms with Gasteiger partial charge in [-0.2, -0.15) is 4.98 Å². The Morgan fingerprint density at radius 3 is 2.89 bits per heavy atom. The predicted octanol–water partition coefficient (Wildman–Crippen LogP) is 2.65. The van der Waals surface area contributed by atoms with Gasteiger partial charge in [0.25, 0.3) is 0 Å². The summed E-state index contributed by atoms with van der Waals surface area (Å²) in [6, 6.07) is 10.1. The molecule has 0 saturated heterocycles. The summed E-state index contributed by atoms with van der Waals surface area (Å²) < 4.78 is 10.4. The van der Waals surface area contributed by atoms with Gasteiger partial charge in [0.1, 0.15) is 6.61 Å². The lowest BCUT2D eigenvalue weighted by molar-refractivity contribution is 0.126. The first-order chi connectivity index (χ1) is 9.38. The second-order valence-corrected chi connectivity index (χ2v) is 4.14. The molecule has 0 radical (unpaired) electrons. The number of anilines is 1. The molecule has 0 aliphatic rings. The van der Waals surface area contributed by atoms with Crippen LogP contribution >= 0.6 is 0 Å². The number of rotatable bonds is 8. The van der Waals surface area contributed by atoms with Gasteiger partial charge in [-0.3, -0.25) is 0 Å². The van der Waals surface area contributed by atoms with Crippen molar-refractivity contribution < 1.29 is 9.26 Å². The number of hydrogen-bond donors (Lipinski definition) is 1. The summed E-state index contributed by atoms with van der Waals surface area (Å²) in [5.41, 5.74) is 1.13. The molecule has 0 fully saturated rings. The van der Waals surface area contributed by atoms with E-state index >= 15 is 0 Å². The molecule has 19 heavy (non-hydrogen) atoms. The van der Waals surface area contributed by atoms with E-state index in [1.54, 1.807) is 0 Å². The lowest BCUT2D eigenvalue weighted by Gasteiger charge is -2.03. The van der Waals surface area contributed by atoms with Crippen molar-refractivity contribution in [1.29, 1.82) is 0 Å². The third-order valence-electron chi connectivity index (χ3n) is 2.62. The van der Waals surface area contributed by atoms with Gasteiger partial charge in [-0.25, -0.2) is 0 Å². The maximum atomic E-state index is 5.22. The molecule has 5 heteroatoms. The fourth-order valence-electron chi connectivity index (χ4n) is 1.67. The van der Waals surface area contributed by atoms with Crippen molar-refractivity contribution in [2.24, 2.45) is 0 Å². The Labute approximate surface area is 113 Å². The van der Waals surface area contributed by atoms with E-state index in [-0.39, 0.29) is 0 Å². The number of nitrogens with one attached hydrogen (secondary N) is 1. The second kappa shape index (κ2) is 7.53. The molecule has 0 saturated carbocycles. The SMILES string of the molecule is CCOCc1noc(CCCNc2ccccc2)n1. The van der Waals surface area contributed by atoms with Crippen LogP contribution in [0.25, 0.3) is 0 Å². The average Bonchev–Trinajstić information content (AvgIpc) is 2.90. The Morgan fingerprint density at radius 2 is 2.11 bits per heavy atom. The van der Waals surface area contributed by atoms with E-state index in [1.165, 1.54) is 0 Å². The monoisotopic (exact) mass is 261 g/mol. The number of hydrogen-bond acceptors (Lipinski definition) is 5. The third-order valence-corrected chi connectivity index (χ3v) is 2.62. The Bertz CT molecular complexity index is 471. The highest BCUT2D eigenvalue weighted by Gasteiger charge is 2.05. The molecule has 0 aliphatic carbocycles. The number of nitrogens with zero attached hydrogens (tertiary/aromatic N) is 2. The van der Waals surface area contributed by atoms with Crippen LogP contribution < -0.4 is 5.32 Å². The quantitative estimate of drug-likeness (QED) is 0.740. The first-order valence-electron chi connectivity index (χ1n) is 6.56. The summed E-state index contributed by atoms with van der Waals surface area (Å²) in [6.45, 7) is 3.90. The molecule has 0 bridgehead atoms. The van der Waals surface area contributed by atoms with E-state index < -0.39 is 0 Å². The van der Waals surface area contributed by atoms with Crippen LogP contribution in [0.3, 0.4) is 0 Å². The smallest absolute Gasteiger partial charge is 0.226 e. The zero-order valence-corrected chi connectivity index (χ0v) is 11.1. The normalized spacial score (nSPS) is 10.6. The molecule has 0 amide bonds. The van der Waals surface area contributed by atoms with Gasteiger partial charge in [0.2, 0.25) is 5.89 Å². The fourth-order valence-corrected chi connectivity index (χ4v) is 1.67. The Balaban J connectivity index is 1.66. The van der Waals surface area contributed by atoms with Gasteiger partial charge in [-0.15, -0.1) is 0 Å². The van der Waals surface area contributed by atoms with E-state index in [1.807, 2.05) is 37.3 Å². The molecule has 0 unspecified atom stereocenters. The Hall–Kier alpha value is -1.88. The van der Waals surface area contributed by atoms with Crippen LogP contribution in [0.5, 0.6) is 0 Å². The topological polar surface area (TPSA) is 60.2 Å². The number of para-hydroxylation sites is 1. The van der Waals surface area contributed by atoms with Crippen molar-refractivity contribution in [1.82, 2.24) is 10.1 Å². The summed E-state index contributed by atoms with van der Waals surface area (Å²) in [5, 5.41) is 7.20. The molecule has 1 aromatic carbocycles. The zero-order valence-electron chi connectivity index (χ0n) is 11.1. The highest BCUT2D eigenvalue weighted by Crippen LogP contribution is 2.06. The number of benzene rings is 1. The molecule has 1 N–H and O–H groups in total. The van der Waals surface area contributed by atoms with Crippen molar-refractivity contribution in [3.05, 3.63) is 42.0 Å². The largest absolute Gasteiger partial charge is 0.385 e. The summed E-state index contributed by atoms with van der Waals surface area (Å²) >= 11 is 0. The molecule has 102 valence electrons. The minimum absolute atomic E-state index is 0.419. The summed E-state index contributed by atoms with van der Waals surface area (Å²) in [7, 11) is 0. The zero-order chi connectivity index (χ0) is 13.3. The summed E-state index contributed by atoms with van der Waals surface area (Å²) in [6.07, 6.45) is 1.73. The lowest BCUT2D eigenvalue weighted by Crippen LogP contribution is -2.03. The first kappa shape index (κ1) is 13.5. The highest BCUT2D eigenvalue weighted by molar-refractivity contribution is 5.42. The van der Waals surface area contributed by atoms with E-state index in [0.29, 0.717) is 24.9 Å². The van der Waals surface area contributed by atoms with Crippen LogP contribution in [0.4, 0.5) is 5.69 Å². The molecule has 0 spiro atoms. The summed E-state index contributed by atoms with van der Waals surface area (Å²) in [5.74, 6) is 1.29. The fraction of sp³-hybridized carbons (Fsp3) is 0.429. The van der Waals surface area contributed by atoms with Gasteiger partial charge in [0.05, 0.1) is 0 Å². The lowest BCUT2D eigenvalue weighted by atomic mass is 10.3. The molecular formula is C14H19N3O2. The highest BCUT2D eigenvalue weighted by atomic mass is 16.5. The molecule has 0 aliphatic heterocycles.